The van der Waals surface area contributed by atoms with Gasteiger partial charge >= 0.3 is 0 Å². The Bertz CT molecular complexity index is 1310. The maximum atomic E-state index is 13.9. The second-order valence-corrected chi connectivity index (χ2v) is 9.42. The molecule has 7 nitrogen and oxygen atoms in total. The van der Waals surface area contributed by atoms with Crippen molar-refractivity contribution in [2.45, 2.75) is 13.5 Å². The zero-order chi connectivity index (χ0) is 24.5. The number of nitrogens with zero attached hydrogens (tertiary/aromatic N) is 4. The van der Waals surface area contributed by atoms with Crippen molar-refractivity contribution in [2.75, 3.05) is 41.5 Å². The lowest BCUT2D eigenvalue weighted by Crippen LogP contribution is -2.31. The molecule has 8 heteroatoms. The highest BCUT2D eigenvalue weighted by molar-refractivity contribution is 8.18. The number of nitrogens with one attached hydrogen (secondary N) is 1. The summed E-state index contributed by atoms with van der Waals surface area (Å²) in [6, 6.07) is 23.8. The Hall–Kier alpha value is -3.91. The number of carbonyl (C=O) groups excluding carboxylic acids is 1. The lowest BCUT2D eigenvalue weighted by atomic mass is 10.2. The van der Waals surface area contributed by atoms with Gasteiger partial charge in [0.2, 0.25) is 0 Å². The summed E-state index contributed by atoms with van der Waals surface area (Å²) in [5, 5.41) is 3.97. The number of benzene rings is 3. The Morgan fingerprint density at radius 2 is 1.60 bits per heavy atom. The first-order valence-corrected chi connectivity index (χ1v) is 12.4. The maximum absolute atomic E-state index is 13.9. The maximum Gasteiger partial charge on any atom is 0.270 e. The molecule has 2 aliphatic rings. The molecule has 2 heterocycles. The molecule has 35 heavy (non-hydrogen) atoms. The molecule has 1 amide bonds. The van der Waals surface area contributed by atoms with E-state index in [-0.39, 0.29) is 5.91 Å². The van der Waals surface area contributed by atoms with Gasteiger partial charge in [0.1, 0.15) is 10.7 Å². The highest BCUT2D eigenvalue weighted by Gasteiger charge is 2.40. The molecule has 1 fully saturated rings. The van der Waals surface area contributed by atoms with Crippen LogP contribution in [0.4, 0.5) is 28.4 Å². The van der Waals surface area contributed by atoms with Crippen LogP contribution < -0.4 is 20.9 Å². The van der Waals surface area contributed by atoms with E-state index in [9.17, 15) is 4.79 Å². The number of thioether (sulfide) groups is 1. The van der Waals surface area contributed by atoms with Gasteiger partial charge in [0, 0.05) is 26.3 Å². The molecule has 0 unspecified atom stereocenters. The van der Waals surface area contributed by atoms with Crippen molar-refractivity contribution in [3.8, 4) is 0 Å². The minimum Gasteiger partial charge on any atom is -0.399 e. The van der Waals surface area contributed by atoms with Crippen LogP contribution in [-0.4, -0.2) is 36.6 Å². The fourth-order valence-corrected chi connectivity index (χ4v) is 5.55. The minimum absolute atomic E-state index is 0.0620. The summed E-state index contributed by atoms with van der Waals surface area (Å²) in [5.41, 5.74) is 11.5. The third kappa shape index (κ3) is 4.21. The van der Waals surface area contributed by atoms with E-state index in [0.717, 1.165) is 35.0 Å². The Balaban J connectivity index is 1.61. The summed E-state index contributed by atoms with van der Waals surface area (Å²) in [7, 11) is 3.99. The molecule has 0 bridgehead atoms. The molecule has 0 saturated carbocycles. The van der Waals surface area contributed by atoms with Crippen molar-refractivity contribution in [1.29, 1.82) is 0 Å². The topological polar surface area (TPSA) is 77.2 Å². The van der Waals surface area contributed by atoms with E-state index in [4.69, 9.17) is 10.7 Å². The number of nitrogen functional groups attached to an aromatic ring is 1. The SMILES string of the molecule is CCNc1ccc(N)cc1/N=C1\SC(=C2N(C)c3ccccc3N2C)C(=O)N1Cc1ccccc1. The highest BCUT2D eigenvalue weighted by Crippen LogP contribution is 2.45. The van der Waals surface area contributed by atoms with Crippen molar-refractivity contribution in [1.82, 2.24) is 4.90 Å². The van der Waals surface area contributed by atoms with Gasteiger partial charge in [-0.3, -0.25) is 9.69 Å². The second kappa shape index (κ2) is 9.38. The van der Waals surface area contributed by atoms with Gasteiger partial charge in [-0.25, -0.2) is 4.99 Å². The number of anilines is 4. The van der Waals surface area contributed by atoms with E-state index in [2.05, 4.69) is 27.2 Å². The number of para-hydroxylation sites is 2. The van der Waals surface area contributed by atoms with Gasteiger partial charge in [-0.05, 0) is 54.6 Å². The van der Waals surface area contributed by atoms with Gasteiger partial charge in [0.05, 0.1) is 29.3 Å². The quantitative estimate of drug-likeness (QED) is 0.382. The average Bonchev–Trinajstić information content (AvgIpc) is 3.29. The zero-order valence-corrected chi connectivity index (χ0v) is 20.8. The van der Waals surface area contributed by atoms with Crippen LogP contribution in [0.15, 0.2) is 88.5 Å². The summed E-state index contributed by atoms with van der Waals surface area (Å²) >= 11 is 1.40. The fraction of sp³-hybridized carbons (Fsp3) is 0.185. The Morgan fingerprint density at radius 1 is 0.943 bits per heavy atom. The predicted octanol–water partition coefficient (Wildman–Crippen LogP) is 5.22. The van der Waals surface area contributed by atoms with Crippen LogP contribution in [-0.2, 0) is 11.3 Å². The second-order valence-electron chi connectivity index (χ2n) is 8.44. The average molecular weight is 485 g/mol. The van der Waals surface area contributed by atoms with Crippen molar-refractivity contribution < 1.29 is 4.79 Å². The van der Waals surface area contributed by atoms with Gasteiger partial charge in [-0.1, -0.05) is 42.5 Å². The molecular formula is C27H28N6OS. The number of rotatable bonds is 5. The molecule has 0 spiro atoms. The third-order valence-corrected chi connectivity index (χ3v) is 7.15. The first-order chi connectivity index (χ1) is 17.0. The summed E-state index contributed by atoms with van der Waals surface area (Å²) in [5.74, 6) is 0.789. The van der Waals surface area contributed by atoms with Crippen LogP contribution in [0.1, 0.15) is 12.5 Å². The number of amides is 1. The van der Waals surface area contributed by atoms with E-state index >= 15 is 0 Å². The lowest BCUT2D eigenvalue weighted by molar-refractivity contribution is -0.122. The van der Waals surface area contributed by atoms with E-state index < -0.39 is 0 Å². The monoisotopic (exact) mass is 484 g/mol. The Labute approximate surface area is 209 Å². The summed E-state index contributed by atoms with van der Waals surface area (Å²) < 4.78 is 0. The van der Waals surface area contributed by atoms with Gasteiger partial charge < -0.3 is 20.9 Å². The predicted molar refractivity (Wildman–Crippen MR) is 147 cm³/mol. The molecule has 1 saturated heterocycles. The van der Waals surface area contributed by atoms with E-state index in [1.807, 2.05) is 81.7 Å². The smallest absolute Gasteiger partial charge is 0.270 e. The molecule has 3 aromatic carbocycles. The molecule has 0 atom stereocenters. The molecule has 3 aromatic rings. The summed E-state index contributed by atoms with van der Waals surface area (Å²) in [4.78, 5) is 25.4. The van der Waals surface area contributed by atoms with Gasteiger partial charge in [0.25, 0.3) is 5.91 Å². The molecule has 5 rings (SSSR count). The third-order valence-electron chi connectivity index (χ3n) is 6.10. The van der Waals surface area contributed by atoms with Crippen LogP contribution in [0, 0.1) is 0 Å². The standard InChI is InChI=1S/C27H28N6OS/c1-4-29-20-15-14-19(28)16-21(20)30-27-33(17-18-10-6-5-7-11-18)26(34)24(35-27)25-31(2)22-12-8-9-13-23(22)32(25)3/h5-16,29H,4,17,28H2,1-3H3/b30-27-. The zero-order valence-electron chi connectivity index (χ0n) is 20.0. The Kier molecular flexibility index (Phi) is 6.13. The summed E-state index contributed by atoms with van der Waals surface area (Å²) in [6.45, 7) is 3.22. The lowest BCUT2D eigenvalue weighted by Gasteiger charge is -2.20. The molecule has 0 radical (unpaired) electrons. The number of fused-ring (bicyclic) bond motifs is 1. The Morgan fingerprint density at radius 3 is 2.26 bits per heavy atom. The van der Waals surface area contributed by atoms with Crippen molar-refractivity contribution in [3.63, 3.8) is 0 Å². The first-order valence-electron chi connectivity index (χ1n) is 11.5. The number of hydrogen-bond donors (Lipinski definition) is 2. The summed E-state index contributed by atoms with van der Waals surface area (Å²) in [6.07, 6.45) is 0. The molecule has 0 aliphatic carbocycles. The van der Waals surface area contributed by atoms with Crippen LogP contribution in [0.5, 0.6) is 0 Å². The first kappa shape index (κ1) is 22.9. The molecule has 2 aliphatic heterocycles. The normalized spacial score (nSPS) is 16.5. The number of aliphatic imine (C=N–C) groups is 1. The van der Waals surface area contributed by atoms with Crippen molar-refractivity contribution in [3.05, 3.63) is 89.1 Å². The van der Waals surface area contributed by atoms with E-state index in [1.165, 1.54) is 11.8 Å². The highest BCUT2D eigenvalue weighted by atomic mass is 32.2. The number of nitrogens with two attached hydrogens (primary N) is 1. The number of amidine groups is 1. The minimum atomic E-state index is -0.0620. The van der Waals surface area contributed by atoms with Crippen LogP contribution in [0.25, 0.3) is 0 Å². The molecular weight excluding hydrogens is 456 g/mol. The largest absolute Gasteiger partial charge is 0.399 e. The molecule has 178 valence electrons. The van der Waals surface area contributed by atoms with Crippen LogP contribution in [0.2, 0.25) is 0 Å². The molecule has 0 aromatic heterocycles. The number of carbonyl (C=O) groups is 1. The van der Waals surface area contributed by atoms with Gasteiger partial charge in [-0.15, -0.1) is 0 Å². The van der Waals surface area contributed by atoms with Gasteiger partial charge in [0.15, 0.2) is 5.17 Å². The van der Waals surface area contributed by atoms with Crippen LogP contribution in [0.3, 0.4) is 0 Å². The number of hydrogen-bond acceptors (Lipinski definition) is 7. The molecule has 3 N–H and O–H groups in total. The van der Waals surface area contributed by atoms with E-state index in [1.54, 1.807) is 4.90 Å². The van der Waals surface area contributed by atoms with Crippen LogP contribution >= 0.6 is 11.8 Å². The van der Waals surface area contributed by atoms with Crippen molar-refractivity contribution in [2.24, 2.45) is 4.99 Å². The van der Waals surface area contributed by atoms with E-state index in [0.29, 0.717) is 28.0 Å². The van der Waals surface area contributed by atoms with Crippen molar-refractivity contribution >= 4 is 51.3 Å². The fourth-order valence-electron chi connectivity index (χ4n) is 4.40. The van der Waals surface area contributed by atoms with Gasteiger partial charge in [-0.2, -0.15) is 0 Å².